The van der Waals surface area contributed by atoms with Gasteiger partial charge in [-0.25, -0.2) is 9.97 Å². The Morgan fingerprint density at radius 1 is 1.07 bits per heavy atom. The van der Waals surface area contributed by atoms with Crippen LogP contribution in [0.1, 0.15) is 16.1 Å². The average molecular weight is 364 g/mol. The van der Waals surface area contributed by atoms with Crippen molar-refractivity contribution in [1.82, 2.24) is 19.4 Å². The van der Waals surface area contributed by atoms with Gasteiger partial charge in [0.2, 0.25) is 0 Å². The van der Waals surface area contributed by atoms with Crippen LogP contribution < -0.4 is 9.47 Å². The zero-order valence-electron chi connectivity index (χ0n) is 15.0. The molecule has 0 unspecified atom stereocenters. The summed E-state index contributed by atoms with van der Waals surface area (Å²) in [5.41, 5.74) is 1.68. The van der Waals surface area contributed by atoms with Crippen molar-refractivity contribution in [2.24, 2.45) is 0 Å². The summed E-state index contributed by atoms with van der Waals surface area (Å²) >= 11 is 0. The van der Waals surface area contributed by atoms with Gasteiger partial charge in [0.15, 0.2) is 0 Å². The SMILES string of the molecule is COc1ccc(C(=O)N2Cc3cccn3C[C@@H](Oc3ncccn3)C2)cc1. The van der Waals surface area contributed by atoms with Gasteiger partial charge >= 0.3 is 6.01 Å². The molecule has 7 heteroatoms. The highest BCUT2D eigenvalue weighted by Gasteiger charge is 2.27. The van der Waals surface area contributed by atoms with E-state index in [0.717, 1.165) is 11.4 Å². The molecule has 1 aliphatic heterocycles. The van der Waals surface area contributed by atoms with E-state index in [9.17, 15) is 4.79 Å². The summed E-state index contributed by atoms with van der Waals surface area (Å²) in [6.07, 6.45) is 5.03. The summed E-state index contributed by atoms with van der Waals surface area (Å²) in [5.74, 6) is 0.675. The second kappa shape index (κ2) is 7.49. The molecule has 3 aromatic rings. The predicted molar refractivity (Wildman–Crippen MR) is 98.6 cm³/mol. The molecule has 4 rings (SSSR count). The van der Waals surface area contributed by atoms with Gasteiger partial charge in [-0.3, -0.25) is 4.79 Å². The number of benzene rings is 1. The van der Waals surface area contributed by atoms with E-state index in [2.05, 4.69) is 14.5 Å². The summed E-state index contributed by atoms with van der Waals surface area (Å²) < 4.78 is 13.2. The van der Waals surface area contributed by atoms with Gasteiger partial charge in [0, 0.05) is 29.8 Å². The molecule has 1 aromatic carbocycles. The van der Waals surface area contributed by atoms with Crippen LogP contribution in [0.15, 0.2) is 61.1 Å². The normalized spacial score (nSPS) is 16.3. The van der Waals surface area contributed by atoms with Crippen LogP contribution in [0.2, 0.25) is 0 Å². The van der Waals surface area contributed by atoms with Gasteiger partial charge in [-0.2, -0.15) is 0 Å². The second-order valence-corrected chi connectivity index (χ2v) is 6.34. The van der Waals surface area contributed by atoms with Gasteiger partial charge in [0.05, 0.1) is 26.7 Å². The second-order valence-electron chi connectivity index (χ2n) is 6.34. The van der Waals surface area contributed by atoms with Gasteiger partial charge in [-0.05, 0) is 42.5 Å². The van der Waals surface area contributed by atoms with Crippen LogP contribution in [0.25, 0.3) is 0 Å². The van der Waals surface area contributed by atoms with Crippen LogP contribution >= 0.6 is 0 Å². The summed E-state index contributed by atoms with van der Waals surface area (Å²) in [5, 5.41) is 0. The Kier molecular flexibility index (Phi) is 4.74. The molecule has 1 aliphatic rings. The van der Waals surface area contributed by atoms with Crippen LogP contribution in [0.4, 0.5) is 0 Å². The number of carbonyl (C=O) groups is 1. The molecule has 138 valence electrons. The molecule has 0 saturated heterocycles. The molecule has 0 spiro atoms. The Labute approximate surface area is 157 Å². The third kappa shape index (κ3) is 3.76. The first kappa shape index (κ1) is 17.1. The van der Waals surface area contributed by atoms with Crippen molar-refractivity contribution in [3.8, 4) is 11.8 Å². The Morgan fingerprint density at radius 2 is 1.85 bits per heavy atom. The number of hydrogen-bond donors (Lipinski definition) is 0. The van der Waals surface area contributed by atoms with Gasteiger partial charge in [0.25, 0.3) is 5.91 Å². The molecule has 1 atom stereocenters. The Balaban J connectivity index is 1.58. The van der Waals surface area contributed by atoms with Crippen molar-refractivity contribution in [2.75, 3.05) is 13.7 Å². The van der Waals surface area contributed by atoms with Gasteiger partial charge in [0.1, 0.15) is 11.9 Å². The number of ether oxygens (including phenoxy) is 2. The molecule has 0 bridgehead atoms. The van der Waals surface area contributed by atoms with Crippen LogP contribution in [-0.2, 0) is 13.1 Å². The molecule has 0 radical (unpaired) electrons. The number of amides is 1. The van der Waals surface area contributed by atoms with E-state index in [1.807, 2.05) is 18.3 Å². The van der Waals surface area contributed by atoms with Crippen molar-refractivity contribution < 1.29 is 14.3 Å². The molecule has 7 nitrogen and oxygen atoms in total. The van der Waals surface area contributed by atoms with Crippen LogP contribution in [0.5, 0.6) is 11.8 Å². The number of hydrogen-bond acceptors (Lipinski definition) is 5. The number of methoxy groups -OCH3 is 1. The lowest BCUT2D eigenvalue weighted by molar-refractivity contribution is 0.0639. The van der Waals surface area contributed by atoms with Gasteiger partial charge in [-0.15, -0.1) is 0 Å². The third-order valence-electron chi connectivity index (χ3n) is 4.54. The minimum absolute atomic E-state index is 0.0464. The standard InChI is InChI=1S/C20H20N4O3/c1-26-17-7-5-15(6-8-17)19(25)24-12-16-4-2-11-23(16)13-18(14-24)27-20-21-9-3-10-22-20/h2-11,18H,12-14H2,1H3/t18-/m1/s1. The van der Waals surface area contributed by atoms with Crippen molar-refractivity contribution in [2.45, 2.75) is 19.2 Å². The fourth-order valence-electron chi connectivity index (χ4n) is 3.19. The topological polar surface area (TPSA) is 69.5 Å². The number of aromatic nitrogens is 3. The highest BCUT2D eigenvalue weighted by molar-refractivity contribution is 5.94. The van der Waals surface area contributed by atoms with E-state index in [1.165, 1.54) is 0 Å². The minimum atomic E-state index is -0.247. The zero-order valence-corrected chi connectivity index (χ0v) is 15.0. The van der Waals surface area contributed by atoms with Gasteiger partial charge in [-0.1, -0.05) is 0 Å². The Hall–Kier alpha value is -3.35. The van der Waals surface area contributed by atoms with Crippen LogP contribution in [0, 0.1) is 0 Å². The van der Waals surface area contributed by atoms with E-state index in [0.29, 0.717) is 31.2 Å². The molecular formula is C20H20N4O3. The number of nitrogens with zero attached hydrogens (tertiary/aromatic N) is 4. The summed E-state index contributed by atoms with van der Waals surface area (Å²) in [4.78, 5) is 23.1. The predicted octanol–water partition coefficient (Wildman–Crippen LogP) is 2.39. The fourth-order valence-corrected chi connectivity index (χ4v) is 3.19. The van der Waals surface area contributed by atoms with Crippen molar-refractivity contribution in [1.29, 1.82) is 0 Å². The Bertz CT molecular complexity index is 908. The van der Waals surface area contributed by atoms with E-state index in [4.69, 9.17) is 9.47 Å². The lowest BCUT2D eigenvalue weighted by Gasteiger charge is -2.24. The molecule has 3 heterocycles. The molecule has 27 heavy (non-hydrogen) atoms. The van der Waals surface area contributed by atoms with E-state index >= 15 is 0 Å². The largest absolute Gasteiger partial charge is 0.497 e. The monoisotopic (exact) mass is 364 g/mol. The molecule has 0 aliphatic carbocycles. The molecular weight excluding hydrogens is 344 g/mol. The summed E-state index contributed by atoms with van der Waals surface area (Å²) in [7, 11) is 1.60. The number of rotatable bonds is 4. The molecule has 2 aromatic heterocycles. The van der Waals surface area contributed by atoms with Gasteiger partial charge < -0.3 is 18.9 Å². The highest BCUT2D eigenvalue weighted by atomic mass is 16.5. The molecule has 0 saturated carbocycles. The molecule has 1 amide bonds. The van der Waals surface area contributed by atoms with Crippen molar-refractivity contribution in [3.63, 3.8) is 0 Å². The maximum Gasteiger partial charge on any atom is 0.316 e. The smallest absolute Gasteiger partial charge is 0.316 e. The lowest BCUT2D eigenvalue weighted by atomic mass is 10.1. The quantitative estimate of drug-likeness (QED) is 0.711. The lowest BCUT2D eigenvalue weighted by Crippen LogP contribution is -2.38. The number of fused-ring (bicyclic) bond motifs is 1. The number of carbonyl (C=O) groups excluding carboxylic acids is 1. The first-order valence-corrected chi connectivity index (χ1v) is 8.74. The fraction of sp³-hybridized carbons (Fsp3) is 0.250. The van der Waals surface area contributed by atoms with E-state index < -0.39 is 0 Å². The maximum absolute atomic E-state index is 13.1. The zero-order chi connectivity index (χ0) is 18.6. The van der Waals surface area contributed by atoms with Crippen LogP contribution in [0.3, 0.4) is 0 Å². The molecule has 0 fully saturated rings. The van der Waals surface area contributed by atoms with Crippen molar-refractivity contribution in [3.05, 3.63) is 72.3 Å². The van der Waals surface area contributed by atoms with Crippen LogP contribution in [-0.4, -0.2) is 45.1 Å². The minimum Gasteiger partial charge on any atom is -0.497 e. The van der Waals surface area contributed by atoms with E-state index in [-0.39, 0.29) is 12.0 Å². The van der Waals surface area contributed by atoms with E-state index in [1.54, 1.807) is 54.7 Å². The first-order valence-electron chi connectivity index (χ1n) is 8.74. The first-order chi connectivity index (χ1) is 13.2. The average Bonchev–Trinajstić information content (AvgIpc) is 3.07. The summed E-state index contributed by atoms with van der Waals surface area (Å²) in [6, 6.07) is 13.2. The maximum atomic E-state index is 13.1. The third-order valence-corrected chi connectivity index (χ3v) is 4.54. The highest BCUT2D eigenvalue weighted by Crippen LogP contribution is 2.20. The summed E-state index contributed by atoms with van der Waals surface area (Å²) in [6.45, 7) is 1.60. The molecule has 0 N–H and O–H groups in total. The Morgan fingerprint density at radius 3 is 2.59 bits per heavy atom. The van der Waals surface area contributed by atoms with Crippen molar-refractivity contribution >= 4 is 5.91 Å².